The molecule has 28 heavy (non-hydrogen) atoms. The van der Waals surface area contributed by atoms with E-state index in [0.717, 1.165) is 5.56 Å². The third-order valence-electron chi connectivity index (χ3n) is 4.05. The van der Waals surface area contributed by atoms with E-state index in [-0.39, 0.29) is 18.3 Å². The largest absolute Gasteiger partial charge is 0.486 e. The summed E-state index contributed by atoms with van der Waals surface area (Å²) in [5.74, 6) is 1.32. The first-order chi connectivity index (χ1) is 13.4. The maximum Gasteiger partial charge on any atom is 0.259 e. The van der Waals surface area contributed by atoms with Crippen LogP contribution in [0.25, 0.3) is 6.08 Å². The molecule has 0 unspecified atom stereocenters. The summed E-state index contributed by atoms with van der Waals surface area (Å²) in [6.45, 7) is 0.873. The molecular weight excluding hydrogens is 382 g/mol. The molecule has 1 aliphatic rings. The molecule has 6 nitrogen and oxygen atoms in total. The first-order valence-corrected chi connectivity index (χ1v) is 9.06. The van der Waals surface area contributed by atoms with Crippen molar-refractivity contribution in [3.05, 3.63) is 58.6 Å². The number of hydrogen-bond donors (Lipinski definition) is 0. The van der Waals surface area contributed by atoms with Crippen LogP contribution >= 0.6 is 11.6 Å². The summed E-state index contributed by atoms with van der Waals surface area (Å²) in [7, 11) is 3.32. The molecule has 0 saturated heterocycles. The molecule has 2 aromatic carbocycles. The van der Waals surface area contributed by atoms with Crippen LogP contribution in [0.1, 0.15) is 15.9 Å². The number of carbonyl (C=O) groups is 2. The number of likely N-dealkylation sites (N-methyl/N-ethyl adjacent to an activating group) is 1. The van der Waals surface area contributed by atoms with Crippen LogP contribution in [0.2, 0.25) is 5.02 Å². The van der Waals surface area contributed by atoms with Gasteiger partial charge in [0, 0.05) is 19.7 Å². The van der Waals surface area contributed by atoms with Crippen LogP contribution in [0, 0.1) is 0 Å². The molecular formula is C21H20ClNO5. The normalized spacial score (nSPS) is 12.7. The first kappa shape index (κ1) is 19.8. The molecule has 0 aromatic heterocycles. The number of amides is 1. The van der Waals surface area contributed by atoms with Crippen molar-refractivity contribution in [2.24, 2.45) is 0 Å². The minimum Gasteiger partial charge on any atom is -0.486 e. The number of ether oxygens (including phenoxy) is 3. The molecule has 3 rings (SSSR count). The van der Waals surface area contributed by atoms with Gasteiger partial charge >= 0.3 is 0 Å². The van der Waals surface area contributed by atoms with Crippen molar-refractivity contribution in [2.75, 3.05) is 33.9 Å². The van der Waals surface area contributed by atoms with Crippen LogP contribution in [0.15, 0.2) is 42.5 Å². The van der Waals surface area contributed by atoms with E-state index in [1.807, 2.05) is 0 Å². The molecule has 7 heteroatoms. The first-order valence-electron chi connectivity index (χ1n) is 8.68. The summed E-state index contributed by atoms with van der Waals surface area (Å²) in [6, 6.07) is 10.1. The molecule has 0 bridgehead atoms. The van der Waals surface area contributed by atoms with E-state index in [1.54, 1.807) is 56.6 Å². The van der Waals surface area contributed by atoms with Crippen molar-refractivity contribution in [1.82, 2.24) is 4.90 Å². The maximum atomic E-state index is 12.4. The Hall–Kier alpha value is -2.99. The van der Waals surface area contributed by atoms with Crippen molar-refractivity contribution in [1.29, 1.82) is 0 Å². The minimum atomic E-state index is -0.165. The average Bonchev–Trinajstić information content (AvgIpc) is 2.70. The van der Waals surface area contributed by atoms with Gasteiger partial charge in [0.2, 0.25) is 0 Å². The highest BCUT2D eigenvalue weighted by Gasteiger charge is 2.16. The number of benzene rings is 2. The molecule has 1 aliphatic heterocycles. The quantitative estimate of drug-likeness (QED) is 0.547. The number of fused-ring (bicyclic) bond motifs is 1. The van der Waals surface area contributed by atoms with E-state index in [4.69, 9.17) is 25.8 Å². The SMILES string of the molecule is CN(C)C(=O)COc1ccc(C(=O)/C=C/c2cc(Cl)c3c(c2)OCCO3)cc1. The highest BCUT2D eigenvalue weighted by Crippen LogP contribution is 2.38. The third kappa shape index (κ3) is 4.84. The highest BCUT2D eigenvalue weighted by atomic mass is 35.5. The number of hydrogen-bond acceptors (Lipinski definition) is 5. The zero-order chi connectivity index (χ0) is 20.1. The molecule has 0 aliphatic carbocycles. The van der Waals surface area contributed by atoms with Gasteiger partial charge in [0.25, 0.3) is 5.91 Å². The zero-order valence-electron chi connectivity index (χ0n) is 15.6. The summed E-state index contributed by atoms with van der Waals surface area (Å²) in [5, 5.41) is 0.443. The number of ketones is 1. The topological polar surface area (TPSA) is 65.1 Å². The van der Waals surface area contributed by atoms with E-state index in [1.165, 1.54) is 11.0 Å². The highest BCUT2D eigenvalue weighted by molar-refractivity contribution is 6.32. The molecule has 146 valence electrons. The van der Waals surface area contributed by atoms with E-state index in [0.29, 0.717) is 41.0 Å². The van der Waals surface area contributed by atoms with E-state index >= 15 is 0 Å². The number of rotatable bonds is 6. The Labute approximate surface area is 168 Å². The fourth-order valence-electron chi connectivity index (χ4n) is 2.48. The maximum absolute atomic E-state index is 12.4. The summed E-state index contributed by atoms with van der Waals surface area (Å²) >= 11 is 6.20. The second-order valence-corrected chi connectivity index (χ2v) is 6.73. The van der Waals surface area contributed by atoms with Crippen LogP contribution in [0.4, 0.5) is 0 Å². The Morgan fingerprint density at radius 3 is 2.57 bits per heavy atom. The van der Waals surface area contributed by atoms with E-state index in [9.17, 15) is 9.59 Å². The molecule has 0 saturated carbocycles. The molecule has 2 aromatic rings. The van der Waals surface area contributed by atoms with Gasteiger partial charge in [-0.2, -0.15) is 0 Å². The van der Waals surface area contributed by atoms with E-state index < -0.39 is 0 Å². The van der Waals surface area contributed by atoms with Gasteiger partial charge in [0.05, 0.1) is 5.02 Å². The van der Waals surface area contributed by atoms with Gasteiger partial charge in [-0.25, -0.2) is 0 Å². The van der Waals surface area contributed by atoms with Gasteiger partial charge in [-0.1, -0.05) is 17.7 Å². The Kier molecular flexibility index (Phi) is 6.21. The van der Waals surface area contributed by atoms with Crippen molar-refractivity contribution in [2.45, 2.75) is 0 Å². The smallest absolute Gasteiger partial charge is 0.259 e. The van der Waals surface area contributed by atoms with Crippen LogP contribution in [-0.4, -0.2) is 50.5 Å². The molecule has 0 atom stereocenters. The standard InChI is InChI=1S/C21H20ClNO5/c1-23(2)20(25)13-28-16-6-4-15(5-7-16)18(24)8-3-14-11-17(22)21-19(12-14)26-9-10-27-21/h3-8,11-12H,9-10,13H2,1-2H3/b8-3+. The fourth-order valence-corrected chi connectivity index (χ4v) is 2.76. The fraction of sp³-hybridized carbons (Fsp3) is 0.238. The Balaban J connectivity index is 1.64. The van der Waals surface area contributed by atoms with Gasteiger partial charge in [0.1, 0.15) is 19.0 Å². The third-order valence-corrected chi connectivity index (χ3v) is 4.33. The van der Waals surface area contributed by atoms with Crippen molar-refractivity contribution in [3.63, 3.8) is 0 Å². The molecule has 0 fully saturated rings. The molecule has 0 radical (unpaired) electrons. The lowest BCUT2D eigenvalue weighted by Crippen LogP contribution is -2.27. The van der Waals surface area contributed by atoms with Gasteiger partial charge in [-0.15, -0.1) is 0 Å². The van der Waals surface area contributed by atoms with Gasteiger partial charge < -0.3 is 19.1 Å². The van der Waals surface area contributed by atoms with Crippen molar-refractivity contribution >= 4 is 29.4 Å². The lowest BCUT2D eigenvalue weighted by molar-refractivity contribution is -0.130. The number of nitrogens with zero attached hydrogens (tertiary/aromatic N) is 1. The number of allylic oxidation sites excluding steroid dienone is 1. The average molecular weight is 402 g/mol. The molecule has 1 heterocycles. The minimum absolute atomic E-state index is 0.0505. The van der Waals surface area contributed by atoms with E-state index in [2.05, 4.69) is 0 Å². The van der Waals surface area contributed by atoms with Crippen LogP contribution in [0.5, 0.6) is 17.2 Å². The predicted molar refractivity (Wildman–Crippen MR) is 106 cm³/mol. The predicted octanol–water partition coefficient (Wildman–Crippen LogP) is 3.47. The van der Waals surface area contributed by atoms with Crippen LogP contribution < -0.4 is 14.2 Å². The van der Waals surface area contributed by atoms with Gasteiger partial charge in [-0.3, -0.25) is 9.59 Å². The number of carbonyl (C=O) groups excluding carboxylic acids is 2. The molecule has 0 spiro atoms. The Morgan fingerprint density at radius 1 is 1.14 bits per heavy atom. The van der Waals surface area contributed by atoms with Crippen LogP contribution in [0.3, 0.4) is 0 Å². The lowest BCUT2D eigenvalue weighted by atomic mass is 10.1. The van der Waals surface area contributed by atoms with Crippen molar-refractivity contribution < 1.29 is 23.8 Å². The Morgan fingerprint density at radius 2 is 1.86 bits per heavy atom. The second kappa shape index (κ2) is 8.80. The lowest BCUT2D eigenvalue weighted by Gasteiger charge is -2.19. The Bertz CT molecular complexity index is 906. The summed E-state index contributed by atoms with van der Waals surface area (Å²) in [4.78, 5) is 25.4. The zero-order valence-corrected chi connectivity index (χ0v) is 16.4. The van der Waals surface area contributed by atoms with Crippen LogP contribution in [-0.2, 0) is 4.79 Å². The molecule has 0 N–H and O–H groups in total. The summed E-state index contributed by atoms with van der Waals surface area (Å²) in [6.07, 6.45) is 3.14. The monoisotopic (exact) mass is 401 g/mol. The van der Waals surface area contributed by atoms with Gasteiger partial charge in [0.15, 0.2) is 23.9 Å². The molecule has 1 amide bonds. The summed E-state index contributed by atoms with van der Waals surface area (Å²) < 4.78 is 16.4. The van der Waals surface area contributed by atoms with Gasteiger partial charge in [-0.05, 0) is 48.0 Å². The van der Waals surface area contributed by atoms with Crippen molar-refractivity contribution in [3.8, 4) is 17.2 Å². The summed E-state index contributed by atoms with van der Waals surface area (Å²) in [5.41, 5.74) is 1.25. The number of halogens is 1. The second-order valence-electron chi connectivity index (χ2n) is 6.33.